The van der Waals surface area contributed by atoms with Crippen LogP contribution in [0.2, 0.25) is 0 Å². The summed E-state index contributed by atoms with van der Waals surface area (Å²) in [7, 11) is 0. The maximum absolute atomic E-state index is 13.4. The monoisotopic (exact) mass is 315 g/mol. The van der Waals surface area contributed by atoms with Gasteiger partial charge in [-0.3, -0.25) is 4.79 Å². The van der Waals surface area contributed by atoms with E-state index >= 15 is 0 Å². The fraction of sp³-hybridized carbons (Fsp3) is 0.176. The van der Waals surface area contributed by atoms with Crippen LogP contribution in [0.3, 0.4) is 0 Å². The van der Waals surface area contributed by atoms with E-state index in [-0.39, 0.29) is 17.8 Å². The Hall–Kier alpha value is -2.89. The van der Waals surface area contributed by atoms with Gasteiger partial charge in [0.1, 0.15) is 5.82 Å². The second kappa shape index (κ2) is 7.93. The van der Waals surface area contributed by atoms with Gasteiger partial charge in [0.15, 0.2) is 0 Å². The number of halogens is 1. The molecule has 3 N–H and O–H groups in total. The predicted octanol–water partition coefficient (Wildman–Crippen LogP) is 3.15. The van der Waals surface area contributed by atoms with Crippen molar-refractivity contribution in [1.82, 2.24) is 5.32 Å². The summed E-state index contributed by atoms with van der Waals surface area (Å²) in [6.07, 6.45) is 0.409. The van der Waals surface area contributed by atoms with Crippen LogP contribution in [0.25, 0.3) is 0 Å². The number of hydrogen-bond donors (Lipinski definition) is 3. The van der Waals surface area contributed by atoms with Crippen LogP contribution in [0.1, 0.15) is 12.5 Å². The lowest BCUT2D eigenvalue weighted by atomic mass is 10.1. The Morgan fingerprint density at radius 1 is 1.00 bits per heavy atom. The summed E-state index contributed by atoms with van der Waals surface area (Å²) in [6, 6.07) is 12.9. The highest BCUT2D eigenvalue weighted by molar-refractivity contribution is 5.92. The summed E-state index contributed by atoms with van der Waals surface area (Å²) in [5, 5.41) is 7.96. The third-order valence-corrected chi connectivity index (χ3v) is 3.08. The molecule has 0 saturated carbocycles. The average molecular weight is 315 g/mol. The normalized spacial score (nSPS) is 10.0. The number of urea groups is 1. The van der Waals surface area contributed by atoms with Gasteiger partial charge in [0.25, 0.3) is 0 Å². The molecule has 120 valence electrons. The van der Waals surface area contributed by atoms with Gasteiger partial charge in [-0.1, -0.05) is 24.3 Å². The number of carbonyl (C=O) groups is 2. The van der Waals surface area contributed by atoms with Crippen molar-refractivity contribution in [3.8, 4) is 0 Å². The highest BCUT2D eigenvalue weighted by Crippen LogP contribution is 2.14. The highest BCUT2D eigenvalue weighted by Gasteiger charge is 2.04. The number of carbonyl (C=O) groups excluding carboxylic acids is 2. The molecular formula is C17H18FN3O2. The van der Waals surface area contributed by atoms with Gasteiger partial charge in [-0.05, 0) is 36.2 Å². The fourth-order valence-electron chi connectivity index (χ4n) is 2.07. The Morgan fingerprint density at radius 2 is 1.70 bits per heavy atom. The second-order valence-electron chi connectivity index (χ2n) is 4.98. The fourth-order valence-corrected chi connectivity index (χ4v) is 2.07. The van der Waals surface area contributed by atoms with Crippen LogP contribution >= 0.6 is 0 Å². The molecular weight excluding hydrogens is 297 g/mol. The molecule has 2 aromatic carbocycles. The Morgan fingerprint density at radius 3 is 2.39 bits per heavy atom. The molecule has 0 bridgehead atoms. The Labute approximate surface area is 133 Å². The summed E-state index contributed by atoms with van der Waals surface area (Å²) in [4.78, 5) is 22.8. The van der Waals surface area contributed by atoms with Gasteiger partial charge in [0.05, 0.1) is 0 Å². The largest absolute Gasteiger partial charge is 0.338 e. The van der Waals surface area contributed by atoms with E-state index in [1.807, 2.05) is 0 Å². The molecule has 0 unspecified atom stereocenters. The zero-order valence-corrected chi connectivity index (χ0v) is 12.7. The predicted molar refractivity (Wildman–Crippen MR) is 87.9 cm³/mol. The van der Waals surface area contributed by atoms with Crippen LogP contribution < -0.4 is 16.0 Å². The molecule has 0 aliphatic carbocycles. The average Bonchev–Trinajstić information content (AvgIpc) is 2.49. The topological polar surface area (TPSA) is 70.2 Å². The van der Waals surface area contributed by atoms with Crippen molar-refractivity contribution in [2.24, 2.45) is 0 Å². The van der Waals surface area contributed by atoms with Crippen LogP contribution in [-0.4, -0.2) is 18.5 Å². The van der Waals surface area contributed by atoms with E-state index in [0.29, 0.717) is 29.9 Å². The van der Waals surface area contributed by atoms with E-state index < -0.39 is 0 Å². The Balaban J connectivity index is 1.83. The van der Waals surface area contributed by atoms with E-state index in [9.17, 15) is 14.0 Å². The first-order chi connectivity index (χ1) is 11.0. The molecule has 0 aliphatic rings. The Kier molecular flexibility index (Phi) is 5.68. The van der Waals surface area contributed by atoms with E-state index in [1.165, 1.54) is 13.0 Å². The van der Waals surface area contributed by atoms with Crippen molar-refractivity contribution in [2.45, 2.75) is 13.3 Å². The molecule has 0 saturated heterocycles. The molecule has 0 heterocycles. The van der Waals surface area contributed by atoms with Gasteiger partial charge in [-0.15, -0.1) is 0 Å². The quantitative estimate of drug-likeness (QED) is 0.793. The summed E-state index contributed by atoms with van der Waals surface area (Å²) in [6.45, 7) is 1.73. The van der Waals surface area contributed by atoms with Crippen LogP contribution in [-0.2, 0) is 11.2 Å². The van der Waals surface area contributed by atoms with Gasteiger partial charge in [0.2, 0.25) is 5.91 Å². The minimum Gasteiger partial charge on any atom is -0.338 e. The number of benzene rings is 2. The molecule has 6 heteroatoms. The summed E-state index contributed by atoms with van der Waals surface area (Å²) in [5.74, 6) is -0.464. The standard InChI is InChI=1S/C17H18FN3O2/c1-12(22)20-14-6-4-7-15(11-14)21-17(23)19-10-9-13-5-2-3-8-16(13)18/h2-8,11H,9-10H2,1H3,(H,20,22)(H2,19,21,23). The lowest BCUT2D eigenvalue weighted by Crippen LogP contribution is -2.30. The third kappa shape index (κ3) is 5.43. The number of anilines is 2. The molecule has 0 aromatic heterocycles. The van der Waals surface area contributed by atoms with Crippen molar-refractivity contribution in [2.75, 3.05) is 17.2 Å². The van der Waals surface area contributed by atoms with Gasteiger partial charge < -0.3 is 16.0 Å². The van der Waals surface area contributed by atoms with E-state index in [0.717, 1.165) is 0 Å². The maximum Gasteiger partial charge on any atom is 0.319 e. The van der Waals surface area contributed by atoms with Crippen molar-refractivity contribution < 1.29 is 14.0 Å². The molecule has 0 spiro atoms. The van der Waals surface area contributed by atoms with Gasteiger partial charge in [-0.2, -0.15) is 0 Å². The summed E-state index contributed by atoms with van der Waals surface area (Å²) < 4.78 is 13.4. The van der Waals surface area contributed by atoms with Crippen LogP contribution in [0, 0.1) is 5.82 Å². The Bertz CT molecular complexity index is 704. The summed E-state index contributed by atoms with van der Waals surface area (Å²) >= 11 is 0. The minimum atomic E-state index is -0.388. The maximum atomic E-state index is 13.4. The van der Waals surface area contributed by atoms with Gasteiger partial charge >= 0.3 is 6.03 Å². The minimum absolute atomic E-state index is 0.184. The molecule has 0 atom stereocenters. The van der Waals surface area contributed by atoms with Crippen molar-refractivity contribution in [1.29, 1.82) is 0 Å². The smallest absolute Gasteiger partial charge is 0.319 e. The number of nitrogens with one attached hydrogen (secondary N) is 3. The van der Waals surface area contributed by atoms with Crippen molar-refractivity contribution in [3.05, 3.63) is 59.9 Å². The van der Waals surface area contributed by atoms with Gasteiger partial charge in [0, 0.05) is 24.8 Å². The highest BCUT2D eigenvalue weighted by atomic mass is 19.1. The molecule has 2 aromatic rings. The molecule has 3 amide bonds. The molecule has 5 nitrogen and oxygen atoms in total. The molecule has 2 rings (SSSR count). The van der Waals surface area contributed by atoms with Crippen molar-refractivity contribution >= 4 is 23.3 Å². The van der Waals surface area contributed by atoms with Gasteiger partial charge in [-0.25, -0.2) is 9.18 Å². The zero-order valence-electron chi connectivity index (χ0n) is 12.7. The molecule has 23 heavy (non-hydrogen) atoms. The first kappa shape index (κ1) is 16.5. The lowest BCUT2D eigenvalue weighted by Gasteiger charge is -2.09. The first-order valence-electron chi connectivity index (χ1n) is 7.20. The van der Waals surface area contributed by atoms with E-state index in [2.05, 4.69) is 16.0 Å². The van der Waals surface area contributed by atoms with Crippen LogP contribution in [0.4, 0.5) is 20.6 Å². The van der Waals surface area contributed by atoms with E-state index in [1.54, 1.807) is 42.5 Å². The summed E-state index contributed by atoms with van der Waals surface area (Å²) in [5.41, 5.74) is 1.71. The molecule has 0 aliphatic heterocycles. The van der Waals surface area contributed by atoms with E-state index in [4.69, 9.17) is 0 Å². The van der Waals surface area contributed by atoms with Crippen LogP contribution in [0.15, 0.2) is 48.5 Å². The molecule has 0 radical (unpaired) electrons. The second-order valence-corrected chi connectivity index (χ2v) is 4.98. The zero-order chi connectivity index (χ0) is 16.7. The third-order valence-electron chi connectivity index (χ3n) is 3.08. The van der Waals surface area contributed by atoms with Crippen LogP contribution in [0.5, 0.6) is 0 Å². The number of amides is 3. The number of rotatable bonds is 5. The van der Waals surface area contributed by atoms with Crippen molar-refractivity contribution in [3.63, 3.8) is 0 Å². The first-order valence-corrected chi connectivity index (χ1v) is 7.20. The molecule has 0 fully saturated rings. The SMILES string of the molecule is CC(=O)Nc1cccc(NC(=O)NCCc2ccccc2F)c1. The number of hydrogen-bond acceptors (Lipinski definition) is 2. The lowest BCUT2D eigenvalue weighted by molar-refractivity contribution is -0.114.